The lowest BCUT2D eigenvalue weighted by Gasteiger charge is -2.21. The zero-order chi connectivity index (χ0) is 10.5. The molecule has 2 unspecified atom stereocenters. The first kappa shape index (κ1) is 9.30. The Hall–Kier alpha value is -0.940. The van der Waals surface area contributed by atoms with Gasteiger partial charge in [-0.25, -0.2) is 0 Å². The highest BCUT2D eigenvalue weighted by Gasteiger charge is 2.47. The van der Waals surface area contributed by atoms with Gasteiger partial charge in [0.25, 0.3) is 0 Å². The molecular weight excluding hydrogens is 192 g/mol. The van der Waals surface area contributed by atoms with Crippen molar-refractivity contribution in [1.82, 2.24) is 15.0 Å². The molecule has 0 radical (unpaired) electrons. The lowest BCUT2D eigenvalue weighted by Crippen LogP contribution is -2.41. The first-order valence-corrected chi connectivity index (χ1v) is 5.50. The smallest absolute Gasteiger partial charge is 0.213 e. The van der Waals surface area contributed by atoms with Crippen molar-refractivity contribution >= 4 is 0 Å². The summed E-state index contributed by atoms with van der Waals surface area (Å²) in [5, 5.41) is 3.88. The minimum absolute atomic E-state index is 0.408. The predicted octanol–water partition coefficient (Wildman–Crippen LogP) is 0.480. The number of aromatic nitrogens is 2. The Morgan fingerprint density at radius 2 is 2.40 bits per heavy atom. The zero-order valence-electron chi connectivity index (χ0n) is 8.89. The van der Waals surface area contributed by atoms with Gasteiger partial charge < -0.3 is 10.3 Å². The van der Waals surface area contributed by atoms with Gasteiger partial charge in [0.1, 0.15) is 0 Å². The van der Waals surface area contributed by atoms with Gasteiger partial charge in [-0.3, -0.25) is 4.90 Å². The molecule has 2 aliphatic rings. The minimum Gasteiger partial charge on any atom is -0.343 e. The van der Waals surface area contributed by atoms with E-state index in [-0.39, 0.29) is 0 Å². The van der Waals surface area contributed by atoms with E-state index in [1.807, 2.05) is 0 Å². The number of nitrogens with two attached hydrogens (primary N) is 1. The molecule has 2 fully saturated rings. The molecule has 0 bridgehead atoms. The molecule has 1 saturated heterocycles. The molecule has 0 spiro atoms. The molecule has 5 heteroatoms. The van der Waals surface area contributed by atoms with Gasteiger partial charge in [0.05, 0.1) is 5.54 Å². The first-order chi connectivity index (χ1) is 7.19. The van der Waals surface area contributed by atoms with Crippen LogP contribution in [0.5, 0.6) is 0 Å². The fourth-order valence-corrected chi connectivity index (χ4v) is 2.64. The highest BCUT2D eigenvalue weighted by Crippen LogP contribution is 2.39. The third kappa shape index (κ3) is 1.46. The highest BCUT2D eigenvalue weighted by molar-refractivity contribution is 5.11. The second-order valence-corrected chi connectivity index (χ2v) is 4.87. The lowest BCUT2D eigenvalue weighted by molar-refractivity contribution is 0.247. The summed E-state index contributed by atoms with van der Waals surface area (Å²) in [4.78, 5) is 6.57. The van der Waals surface area contributed by atoms with Crippen LogP contribution in [-0.2, 0) is 5.54 Å². The second-order valence-electron chi connectivity index (χ2n) is 4.87. The van der Waals surface area contributed by atoms with Crippen molar-refractivity contribution in [3.63, 3.8) is 0 Å². The van der Waals surface area contributed by atoms with Crippen LogP contribution in [0.1, 0.15) is 32.0 Å². The average molecular weight is 208 g/mol. The zero-order valence-corrected chi connectivity index (χ0v) is 8.89. The van der Waals surface area contributed by atoms with Gasteiger partial charge in [0.15, 0.2) is 5.82 Å². The van der Waals surface area contributed by atoms with Crippen molar-refractivity contribution in [3.8, 4) is 0 Å². The van der Waals surface area contributed by atoms with Crippen molar-refractivity contribution in [2.45, 2.75) is 43.8 Å². The SMILES string of the molecule is CC1CC(N)(c2ncon2)CN1C1CC1. The summed E-state index contributed by atoms with van der Waals surface area (Å²) >= 11 is 0. The van der Waals surface area contributed by atoms with Gasteiger partial charge in [-0.05, 0) is 26.2 Å². The van der Waals surface area contributed by atoms with E-state index in [2.05, 4.69) is 22.0 Å². The number of nitrogens with zero attached hydrogens (tertiary/aromatic N) is 3. The van der Waals surface area contributed by atoms with Gasteiger partial charge in [-0.1, -0.05) is 5.16 Å². The Morgan fingerprint density at radius 3 is 3.00 bits per heavy atom. The van der Waals surface area contributed by atoms with Gasteiger partial charge in [-0.2, -0.15) is 4.98 Å². The molecule has 3 rings (SSSR count). The average Bonchev–Trinajstić information content (AvgIpc) is 2.77. The van der Waals surface area contributed by atoms with Crippen molar-refractivity contribution in [3.05, 3.63) is 12.2 Å². The molecule has 1 aliphatic carbocycles. The van der Waals surface area contributed by atoms with Crippen LogP contribution >= 0.6 is 0 Å². The number of hydrogen-bond donors (Lipinski definition) is 1. The monoisotopic (exact) mass is 208 g/mol. The normalized spacial score (nSPS) is 37.3. The number of hydrogen-bond acceptors (Lipinski definition) is 5. The molecule has 5 nitrogen and oxygen atoms in total. The quantitative estimate of drug-likeness (QED) is 0.765. The molecule has 1 aromatic rings. The van der Waals surface area contributed by atoms with E-state index < -0.39 is 5.54 Å². The fraction of sp³-hybridized carbons (Fsp3) is 0.800. The third-order valence-electron chi connectivity index (χ3n) is 3.51. The molecule has 1 aliphatic heterocycles. The fourth-order valence-electron chi connectivity index (χ4n) is 2.64. The summed E-state index contributed by atoms with van der Waals surface area (Å²) in [6, 6.07) is 1.28. The Kier molecular flexibility index (Phi) is 1.87. The second kappa shape index (κ2) is 3.02. The Balaban J connectivity index is 1.83. The Morgan fingerprint density at radius 1 is 1.60 bits per heavy atom. The van der Waals surface area contributed by atoms with E-state index in [9.17, 15) is 0 Å². The van der Waals surface area contributed by atoms with E-state index in [4.69, 9.17) is 10.3 Å². The lowest BCUT2D eigenvalue weighted by atomic mass is 9.97. The number of likely N-dealkylation sites (tertiary alicyclic amines) is 1. The van der Waals surface area contributed by atoms with Crippen LogP contribution < -0.4 is 5.73 Å². The standard InChI is InChI=1S/C10H16N4O/c1-7-4-10(11,9-12-6-15-13-9)5-14(7)8-2-3-8/h6-8H,2-5,11H2,1H3. The molecule has 1 saturated carbocycles. The van der Waals surface area contributed by atoms with Crippen molar-refractivity contribution < 1.29 is 4.52 Å². The van der Waals surface area contributed by atoms with Crippen LogP contribution in [0.3, 0.4) is 0 Å². The summed E-state index contributed by atoms with van der Waals surface area (Å²) in [6.45, 7) is 3.09. The van der Waals surface area contributed by atoms with E-state index in [0.29, 0.717) is 11.9 Å². The van der Waals surface area contributed by atoms with Crippen LogP contribution in [0.15, 0.2) is 10.9 Å². The van der Waals surface area contributed by atoms with Crippen LogP contribution in [0.4, 0.5) is 0 Å². The summed E-state index contributed by atoms with van der Waals surface area (Å²) in [6.07, 6.45) is 4.90. The maximum Gasteiger partial charge on any atom is 0.213 e. The van der Waals surface area contributed by atoms with E-state index in [0.717, 1.165) is 19.0 Å². The molecule has 1 aromatic heterocycles. The molecular formula is C10H16N4O. The molecule has 15 heavy (non-hydrogen) atoms. The van der Waals surface area contributed by atoms with Crippen LogP contribution in [0.25, 0.3) is 0 Å². The van der Waals surface area contributed by atoms with E-state index in [1.54, 1.807) is 0 Å². The maximum atomic E-state index is 6.34. The molecule has 2 N–H and O–H groups in total. The summed E-state index contributed by atoms with van der Waals surface area (Å²) in [5.74, 6) is 0.650. The Bertz CT molecular complexity index is 348. The van der Waals surface area contributed by atoms with E-state index >= 15 is 0 Å². The highest BCUT2D eigenvalue weighted by atomic mass is 16.5. The summed E-state index contributed by atoms with van der Waals surface area (Å²) in [7, 11) is 0. The topological polar surface area (TPSA) is 68.2 Å². The van der Waals surface area contributed by atoms with Gasteiger partial charge in [-0.15, -0.1) is 0 Å². The van der Waals surface area contributed by atoms with Crippen molar-refractivity contribution in [2.75, 3.05) is 6.54 Å². The van der Waals surface area contributed by atoms with Gasteiger partial charge in [0, 0.05) is 18.6 Å². The van der Waals surface area contributed by atoms with Crippen LogP contribution in [0.2, 0.25) is 0 Å². The van der Waals surface area contributed by atoms with Gasteiger partial charge in [0.2, 0.25) is 6.39 Å². The summed E-state index contributed by atoms with van der Waals surface area (Å²) in [5.41, 5.74) is 5.94. The van der Waals surface area contributed by atoms with Crippen LogP contribution in [-0.4, -0.2) is 33.7 Å². The Labute approximate surface area is 88.6 Å². The number of rotatable bonds is 2. The van der Waals surface area contributed by atoms with Crippen molar-refractivity contribution in [2.24, 2.45) is 5.73 Å². The molecule has 2 heterocycles. The molecule has 0 aromatic carbocycles. The molecule has 0 amide bonds. The first-order valence-electron chi connectivity index (χ1n) is 5.50. The maximum absolute atomic E-state index is 6.34. The summed E-state index contributed by atoms with van der Waals surface area (Å²) < 4.78 is 4.78. The minimum atomic E-state index is -0.408. The van der Waals surface area contributed by atoms with Crippen LogP contribution in [0, 0.1) is 0 Å². The predicted molar refractivity (Wildman–Crippen MR) is 54.0 cm³/mol. The third-order valence-corrected chi connectivity index (χ3v) is 3.51. The molecule has 2 atom stereocenters. The van der Waals surface area contributed by atoms with Crippen molar-refractivity contribution in [1.29, 1.82) is 0 Å². The molecule has 82 valence electrons. The largest absolute Gasteiger partial charge is 0.343 e. The van der Waals surface area contributed by atoms with E-state index in [1.165, 1.54) is 19.2 Å². The van der Waals surface area contributed by atoms with Gasteiger partial charge >= 0.3 is 0 Å².